The molecule has 3 aromatic rings. The van der Waals surface area contributed by atoms with Gasteiger partial charge in [0, 0.05) is 3.57 Å². The summed E-state index contributed by atoms with van der Waals surface area (Å²) >= 11 is 2.04. The maximum absolute atomic E-state index is 14.2. The van der Waals surface area contributed by atoms with Crippen molar-refractivity contribution in [3.8, 4) is 0 Å². The van der Waals surface area contributed by atoms with Crippen LogP contribution in [0.2, 0.25) is 0 Å². The fraction of sp³-hybridized carbons (Fsp3) is 0.188. The summed E-state index contributed by atoms with van der Waals surface area (Å²) in [4.78, 5) is 25.2. The van der Waals surface area contributed by atoms with Crippen LogP contribution in [-0.2, 0) is 16.1 Å². The number of carbonyl (C=O) groups is 1. The molecule has 0 saturated heterocycles. The van der Waals surface area contributed by atoms with Gasteiger partial charge in [-0.2, -0.15) is 0 Å². The van der Waals surface area contributed by atoms with Crippen LogP contribution >= 0.6 is 22.6 Å². The highest BCUT2D eigenvalue weighted by Gasteiger charge is 2.15. The summed E-state index contributed by atoms with van der Waals surface area (Å²) in [6, 6.07) is 4.84. The number of imidazole rings is 1. The maximum atomic E-state index is 14.2. The van der Waals surface area contributed by atoms with Crippen LogP contribution < -0.4 is 10.8 Å². The number of nitrogens with zero attached hydrogens (tertiary/aromatic N) is 3. The molecule has 0 aliphatic carbocycles. The van der Waals surface area contributed by atoms with E-state index in [-0.39, 0.29) is 18.0 Å². The number of rotatable bonds is 6. The molecule has 0 spiro atoms. The van der Waals surface area contributed by atoms with Crippen molar-refractivity contribution in [1.82, 2.24) is 19.8 Å². The van der Waals surface area contributed by atoms with E-state index in [0.717, 1.165) is 9.09 Å². The molecule has 25 heavy (non-hydrogen) atoms. The van der Waals surface area contributed by atoms with Crippen LogP contribution in [0.3, 0.4) is 0 Å². The molecule has 1 aromatic carbocycles. The van der Waals surface area contributed by atoms with Gasteiger partial charge in [0.25, 0.3) is 0 Å². The van der Waals surface area contributed by atoms with E-state index in [9.17, 15) is 9.18 Å². The summed E-state index contributed by atoms with van der Waals surface area (Å²) in [5, 5.41) is 3.02. The number of hydrogen-bond acceptors (Lipinski definition) is 5. The van der Waals surface area contributed by atoms with Gasteiger partial charge in [-0.05, 0) is 47.7 Å². The lowest BCUT2D eigenvalue weighted by atomic mass is 10.2. The Morgan fingerprint density at radius 1 is 1.40 bits per heavy atom. The van der Waals surface area contributed by atoms with Gasteiger partial charge in [-0.25, -0.2) is 14.9 Å². The Bertz CT molecular complexity index is 915. The Hall–Kier alpha value is -2.27. The van der Waals surface area contributed by atoms with Crippen LogP contribution in [0, 0.1) is 9.39 Å². The van der Waals surface area contributed by atoms with Crippen molar-refractivity contribution in [2.45, 2.75) is 13.3 Å². The van der Waals surface area contributed by atoms with E-state index in [1.807, 2.05) is 22.6 Å². The van der Waals surface area contributed by atoms with E-state index in [2.05, 4.69) is 20.8 Å². The molecular weight excluding hydrogens is 440 g/mol. The Morgan fingerprint density at radius 2 is 2.24 bits per heavy atom. The zero-order valence-electron chi connectivity index (χ0n) is 13.3. The van der Waals surface area contributed by atoms with Crippen molar-refractivity contribution >= 4 is 45.5 Å². The normalized spacial score (nSPS) is 10.8. The lowest BCUT2D eigenvalue weighted by Crippen LogP contribution is -2.26. The molecule has 0 aliphatic heterocycles. The van der Waals surface area contributed by atoms with Crippen LogP contribution in [-0.4, -0.2) is 26.9 Å². The molecule has 0 saturated carbocycles. The number of carbonyl (C=O) groups excluding carboxylic acids is 1. The van der Waals surface area contributed by atoms with E-state index in [0.29, 0.717) is 18.1 Å². The van der Waals surface area contributed by atoms with Gasteiger partial charge in [0.1, 0.15) is 18.0 Å². The van der Waals surface area contributed by atoms with Gasteiger partial charge >= 0.3 is 0 Å². The number of benzene rings is 1. The van der Waals surface area contributed by atoms with Gasteiger partial charge in [-0.3, -0.25) is 19.0 Å². The summed E-state index contributed by atoms with van der Waals surface area (Å²) in [7, 11) is 0. The minimum atomic E-state index is -0.395. The SMILES string of the molecule is CCONC(=O)Cc1ncc2cncn2c1Nc1ccc(I)cc1F. The van der Waals surface area contributed by atoms with Gasteiger partial charge in [0.15, 0.2) is 0 Å². The first-order valence-corrected chi connectivity index (χ1v) is 8.59. The molecule has 7 nitrogen and oxygen atoms in total. The minimum absolute atomic E-state index is 0.0254. The summed E-state index contributed by atoms with van der Waals surface area (Å²) in [5.74, 6) is -0.268. The third-order valence-corrected chi connectivity index (χ3v) is 4.05. The molecule has 2 N–H and O–H groups in total. The highest BCUT2D eigenvalue weighted by molar-refractivity contribution is 14.1. The fourth-order valence-corrected chi connectivity index (χ4v) is 2.71. The number of amides is 1. The standard InChI is InChI=1S/C16H15FIN5O2/c1-2-25-22-15(24)6-14-16(23-9-19-7-11(23)8-20-14)21-13-4-3-10(18)5-12(13)17/h3-5,7-9,21H,2,6H2,1H3,(H,22,24). The highest BCUT2D eigenvalue weighted by atomic mass is 127. The predicted octanol–water partition coefficient (Wildman–Crippen LogP) is 2.83. The molecule has 0 aliphatic rings. The van der Waals surface area contributed by atoms with Gasteiger partial charge in [0.05, 0.1) is 42.3 Å². The molecule has 0 unspecified atom stereocenters. The average molecular weight is 455 g/mol. The smallest absolute Gasteiger partial charge is 0.249 e. The fourth-order valence-electron chi connectivity index (χ4n) is 2.25. The first-order chi connectivity index (χ1) is 12.1. The van der Waals surface area contributed by atoms with Crippen molar-refractivity contribution in [2.75, 3.05) is 11.9 Å². The molecule has 0 atom stereocenters. The number of nitrogens with one attached hydrogen (secondary N) is 2. The average Bonchev–Trinajstić information content (AvgIpc) is 3.06. The van der Waals surface area contributed by atoms with Gasteiger partial charge < -0.3 is 5.32 Å². The Balaban J connectivity index is 1.97. The minimum Gasteiger partial charge on any atom is -0.337 e. The molecule has 130 valence electrons. The van der Waals surface area contributed by atoms with Crippen LogP contribution in [0.4, 0.5) is 15.9 Å². The number of halogens is 2. The van der Waals surface area contributed by atoms with Crippen LogP contribution in [0.5, 0.6) is 0 Å². The van der Waals surface area contributed by atoms with Crippen molar-refractivity contribution in [2.24, 2.45) is 0 Å². The summed E-state index contributed by atoms with van der Waals surface area (Å²) in [6.07, 6.45) is 4.79. The molecule has 0 bridgehead atoms. The van der Waals surface area contributed by atoms with Crippen LogP contribution in [0.1, 0.15) is 12.6 Å². The highest BCUT2D eigenvalue weighted by Crippen LogP contribution is 2.25. The molecule has 2 heterocycles. The Kier molecular flexibility index (Phi) is 5.43. The lowest BCUT2D eigenvalue weighted by Gasteiger charge is -2.14. The number of anilines is 2. The molecule has 9 heteroatoms. The van der Waals surface area contributed by atoms with Crippen molar-refractivity contribution < 1.29 is 14.0 Å². The number of fused-ring (bicyclic) bond motifs is 1. The lowest BCUT2D eigenvalue weighted by molar-refractivity contribution is -0.132. The topological polar surface area (TPSA) is 80.5 Å². The monoisotopic (exact) mass is 455 g/mol. The summed E-state index contributed by atoms with van der Waals surface area (Å²) in [5.41, 5.74) is 3.78. The predicted molar refractivity (Wildman–Crippen MR) is 98.9 cm³/mol. The van der Waals surface area contributed by atoms with E-state index >= 15 is 0 Å². The van der Waals surface area contributed by atoms with Gasteiger partial charge in [0.2, 0.25) is 5.91 Å². The molecule has 3 rings (SSSR count). The third-order valence-electron chi connectivity index (χ3n) is 3.38. The number of aromatic nitrogens is 3. The van der Waals surface area contributed by atoms with Gasteiger partial charge in [-0.1, -0.05) is 0 Å². The van der Waals surface area contributed by atoms with E-state index in [1.165, 1.54) is 6.07 Å². The van der Waals surface area contributed by atoms with Crippen molar-refractivity contribution in [3.63, 3.8) is 0 Å². The van der Waals surface area contributed by atoms with Gasteiger partial charge in [-0.15, -0.1) is 0 Å². The van der Waals surface area contributed by atoms with E-state index in [1.54, 1.807) is 42.2 Å². The quantitative estimate of drug-likeness (QED) is 0.442. The molecule has 1 amide bonds. The molecule has 2 aromatic heterocycles. The molecule has 0 fully saturated rings. The molecule has 0 radical (unpaired) electrons. The largest absolute Gasteiger partial charge is 0.337 e. The van der Waals surface area contributed by atoms with Crippen molar-refractivity contribution in [3.05, 3.63) is 52.0 Å². The number of hydrogen-bond donors (Lipinski definition) is 2. The third kappa shape index (κ3) is 4.04. The zero-order chi connectivity index (χ0) is 17.8. The maximum Gasteiger partial charge on any atom is 0.249 e. The second-order valence-electron chi connectivity index (χ2n) is 5.13. The summed E-state index contributed by atoms with van der Waals surface area (Å²) < 4.78 is 16.7. The second kappa shape index (κ2) is 7.74. The van der Waals surface area contributed by atoms with Crippen LogP contribution in [0.25, 0.3) is 5.52 Å². The molecular formula is C16H15FIN5O2. The number of hydroxylamine groups is 1. The van der Waals surface area contributed by atoms with Crippen molar-refractivity contribution in [1.29, 1.82) is 0 Å². The second-order valence-corrected chi connectivity index (χ2v) is 6.37. The van der Waals surface area contributed by atoms with E-state index < -0.39 is 5.82 Å². The first-order valence-electron chi connectivity index (χ1n) is 7.51. The van der Waals surface area contributed by atoms with E-state index in [4.69, 9.17) is 4.84 Å². The Labute approximate surface area is 156 Å². The zero-order valence-corrected chi connectivity index (χ0v) is 15.4. The first kappa shape index (κ1) is 17.5. The Morgan fingerprint density at radius 3 is 3.00 bits per heavy atom. The van der Waals surface area contributed by atoms with Crippen LogP contribution in [0.15, 0.2) is 36.9 Å². The summed E-state index contributed by atoms with van der Waals surface area (Å²) in [6.45, 7) is 2.13.